The number of benzene rings is 1. The molecule has 126 valence electrons. The standard InChI is InChI=1S/C20H17F2N3/c1-3-4-15(11-13(2)23)19-18-10-9-17(22)12-25(18)24-20(19)14-5-7-16(21)8-6-14/h3-12H,1,23H2,2H3/b13-11+,15-4+. The summed E-state index contributed by atoms with van der Waals surface area (Å²) in [5.74, 6) is -0.730. The number of hydrogen-bond donors (Lipinski definition) is 1. The minimum absolute atomic E-state index is 0.334. The summed E-state index contributed by atoms with van der Waals surface area (Å²) in [5, 5.41) is 4.49. The van der Waals surface area contributed by atoms with Crippen LogP contribution in [-0.4, -0.2) is 9.61 Å². The normalized spacial score (nSPS) is 12.6. The van der Waals surface area contributed by atoms with Gasteiger partial charge in [-0.1, -0.05) is 18.7 Å². The van der Waals surface area contributed by atoms with E-state index in [-0.39, 0.29) is 5.82 Å². The van der Waals surface area contributed by atoms with Crippen LogP contribution in [0.15, 0.2) is 73.1 Å². The molecule has 0 aliphatic heterocycles. The van der Waals surface area contributed by atoms with Gasteiger partial charge in [-0.15, -0.1) is 0 Å². The van der Waals surface area contributed by atoms with Crippen molar-refractivity contribution in [3.05, 3.63) is 90.3 Å². The number of rotatable bonds is 4. The van der Waals surface area contributed by atoms with Crippen molar-refractivity contribution in [1.29, 1.82) is 0 Å². The van der Waals surface area contributed by atoms with Crippen LogP contribution >= 0.6 is 0 Å². The van der Waals surface area contributed by atoms with Crippen LogP contribution in [0.1, 0.15) is 12.5 Å². The van der Waals surface area contributed by atoms with E-state index in [2.05, 4.69) is 11.7 Å². The minimum atomic E-state index is -0.396. The molecule has 2 N–H and O–H groups in total. The van der Waals surface area contributed by atoms with Crippen LogP contribution in [0.5, 0.6) is 0 Å². The molecule has 25 heavy (non-hydrogen) atoms. The number of nitrogens with two attached hydrogens (primary N) is 1. The molecule has 0 radical (unpaired) electrons. The fourth-order valence-corrected chi connectivity index (χ4v) is 2.69. The second-order valence-electron chi connectivity index (χ2n) is 5.65. The van der Waals surface area contributed by atoms with E-state index in [4.69, 9.17) is 5.73 Å². The van der Waals surface area contributed by atoms with Gasteiger partial charge in [0.25, 0.3) is 0 Å². The van der Waals surface area contributed by atoms with E-state index in [0.717, 1.165) is 16.7 Å². The molecule has 2 aromatic heterocycles. The number of allylic oxidation sites excluding steroid dienone is 5. The molecule has 3 rings (SSSR count). The van der Waals surface area contributed by atoms with Crippen LogP contribution < -0.4 is 5.73 Å². The molecule has 0 fully saturated rings. The van der Waals surface area contributed by atoms with Gasteiger partial charge >= 0.3 is 0 Å². The summed E-state index contributed by atoms with van der Waals surface area (Å²) in [7, 11) is 0. The highest BCUT2D eigenvalue weighted by Crippen LogP contribution is 2.33. The van der Waals surface area contributed by atoms with Crippen molar-refractivity contribution in [1.82, 2.24) is 9.61 Å². The number of hydrogen-bond acceptors (Lipinski definition) is 2. The summed E-state index contributed by atoms with van der Waals surface area (Å²) in [6.45, 7) is 5.52. The molecule has 0 saturated carbocycles. The maximum Gasteiger partial charge on any atom is 0.141 e. The van der Waals surface area contributed by atoms with Crippen molar-refractivity contribution in [2.24, 2.45) is 5.73 Å². The van der Waals surface area contributed by atoms with Crippen molar-refractivity contribution in [3.63, 3.8) is 0 Å². The van der Waals surface area contributed by atoms with Crippen LogP contribution in [0.3, 0.4) is 0 Å². The lowest BCUT2D eigenvalue weighted by Crippen LogP contribution is -1.93. The average molecular weight is 337 g/mol. The zero-order valence-electron chi connectivity index (χ0n) is 13.7. The summed E-state index contributed by atoms with van der Waals surface area (Å²) >= 11 is 0. The highest BCUT2D eigenvalue weighted by Gasteiger charge is 2.17. The topological polar surface area (TPSA) is 43.3 Å². The molecule has 3 aromatic rings. The molecule has 0 bridgehead atoms. The van der Waals surface area contributed by atoms with Crippen LogP contribution in [-0.2, 0) is 0 Å². The van der Waals surface area contributed by atoms with Crippen molar-refractivity contribution in [2.75, 3.05) is 0 Å². The highest BCUT2D eigenvalue weighted by molar-refractivity contribution is 5.92. The summed E-state index contributed by atoms with van der Waals surface area (Å²) < 4.78 is 28.4. The molecule has 0 atom stereocenters. The van der Waals surface area contributed by atoms with Crippen LogP contribution in [0, 0.1) is 11.6 Å². The van der Waals surface area contributed by atoms with Crippen LogP contribution in [0.2, 0.25) is 0 Å². The molecule has 0 saturated heterocycles. The third-order valence-electron chi connectivity index (χ3n) is 3.68. The average Bonchev–Trinajstić information content (AvgIpc) is 2.93. The van der Waals surface area contributed by atoms with Gasteiger partial charge in [-0.25, -0.2) is 13.3 Å². The Hall–Kier alpha value is -3.21. The molecule has 1 aromatic carbocycles. The Morgan fingerprint density at radius 1 is 1.12 bits per heavy atom. The van der Waals surface area contributed by atoms with Gasteiger partial charge < -0.3 is 5.73 Å². The molecular formula is C20H17F2N3. The Morgan fingerprint density at radius 3 is 2.44 bits per heavy atom. The van der Waals surface area contributed by atoms with E-state index in [1.807, 2.05) is 6.08 Å². The van der Waals surface area contributed by atoms with Crippen molar-refractivity contribution < 1.29 is 8.78 Å². The monoisotopic (exact) mass is 337 g/mol. The molecule has 5 heteroatoms. The number of fused-ring (bicyclic) bond motifs is 1. The van der Waals surface area contributed by atoms with Gasteiger partial charge in [-0.2, -0.15) is 5.10 Å². The van der Waals surface area contributed by atoms with E-state index in [1.54, 1.807) is 37.3 Å². The lowest BCUT2D eigenvalue weighted by Gasteiger charge is -2.06. The Kier molecular flexibility index (Phi) is 4.48. The first-order chi connectivity index (χ1) is 12.0. The first-order valence-electron chi connectivity index (χ1n) is 7.70. The van der Waals surface area contributed by atoms with Gasteiger partial charge in [0.05, 0.1) is 11.7 Å². The summed E-state index contributed by atoms with van der Waals surface area (Å²) in [6, 6.07) is 9.04. The van der Waals surface area contributed by atoms with Gasteiger partial charge in [0.1, 0.15) is 17.3 Å². The molecule has 2 heterocycles. The van der Waals surface area contributed by atoms with Gasteiger partial charge in [-0.3, -0.25) is 0 Å². The van der Waals surface area contributed by atoms with Gasteiger partial charge in [0.2, 0.25) is 0 Å². The van der Waals surface area contributed by atoms with E-state index in [9.17, 15) is 8.78 Å². The Balaban J connectivity index is 2.35. The molecule has 0 aliphatic carbocycles. The molecule has 0 amide bonds. The lowest BCUT2D eigenvalue weighted by molar-refractivity contribution is 0.615. The van der Waals surface area contributed by atoms with Gasteiger partial charge in [-0.05, 0) is 55.0 Å². The Labute approximate surface area is 144 Å². The van der Waals surface area contributed by atoms with Crippen LogP contribution in [0.4, 0.5) is 8.78 Å². The zero-order valence-corrected chi connectivity index (χ0v) is 13.7. The fourth-order valence-electron chi connectivity index (χ4n) is 2.69. The quantitative estimate of drug-likeness (QED) is 0.701. The lowest BCUT2D eigenvalue weighted by atomic mass is 9.98. The second kappa shape index (κ2) is 6.73. The van der Waals surface area contributed by atoms with Gasteiger partial charge in [0, 0.05) is 16.8 Å². The molecule has 0 unspecified atom stereocenters. The van der Waals surface area contributed by atoms with E-state index in [1.165, 1.54) is 28.9 Å². The largest absolute Gasteiger partial charge is 0.402 e. The first-order valence-corrected chi connectivity index (χ1v) is 7.70. The number of aromatic nitrogens is 2. The molecule has 0 aliphatic rings. The van der Waals surface area contributed by atoms with Crippen LogP contribution in [0.25, 0.3) is 22.3 Å². The predicted molar refractivity (Wildman–Crippen MR) is 96.7 cm³/mol. The Bertz CT molecular complexity index is 992. The molecule has 0 spiro atoms. The third-order valence-corrected chi connectivity index (χ3v) is 3.68. The smallest absolute Gasteiger partial charge is 0.141 e. The SMILES string of the molecule is C=C/C=C(\C=C(/C)N)c1c(-c2ccc(F)cc2)nn2cc(F)ccc12. The van der Waals surface area contributed by atoms with E-state index in [0.29, 0.717) is 16.9 Å². The second-order valence-corrected chi connectivity index (χ2v) is 5.65. The molecule has 3 nitrogen and oxygen atoms in total. The maximum atomic E-state index is 13.6. The molecular weight excluding hydrogens is 320 g/mol. The fraction of sp³-hybridized carbons (Fsp3) is 0.0500. The number of halogens is 2. The summed E-state index contributed by atoms with van der Waals surface area (Å²) in [5.41, 5.74) is 10.1. The van der Waals surface area contributed by atoms with E-state index < -0.39 is 5.82 Å². The number of pyridine rings is 1. The van der Waals surface area contributed by atoms with E-state index >= 15 is 0 Å². The van der Waals surface area contributed by atoms with Gasteiger partial charge in [0.15, 0.2) is 0 Å². The van der Waals surface area contributed by atoms with Crippen molar-refractivity contribution in [2.45, 2.75) is 6.92 Å². The highest BCUT2D eigenvalue weighted by atomic mass is 19.1. The van der Waals surface area contributed by atoms with Crippen molar-refractivity contribution in [3.8, 4) is 11.3 Å². The predicted octanol–water partition coefficient (Wildman–Crippen LogP) is 4.71. The van der Waals surface area contributed by atoms with Crippen molar-refractivity contribution >= 4 is 11.1 Å². The zero-order chi connectivity index (χ0) is 18.0. The third kappa shape index (κ3) is 3.35. The number of nitrogens with zero attached hydrogens (tertiary/aromatic N) is 2. The summed E-state index contributed by atoms with van der Waals surface area (Å²) in [6.07, 6.45) is 6.56. The first kappa shape index (κ1) is 16.6. The Morgan fingerprint density at radius 2 is 1.80 bits per heavy atom. The summed E-state index contributed by atoms with van der Waals surface area (Å²) in [4.78, 5) is 0. The maximum absolute atomic E-state index is 13.6. The minimum Gasteiger partial charge on any atom is -0.402 e.